The molecule has 1 aromatic heterocycles. The number of carbonyl (C=O) groups is 3. The third-order valence-corrected chi connectivity index (χ3v) is 2.96. The minimum atomic E-state index is -1.31. The summed E-state index contributed by atoms with van der Waals surface area (Å²) in [6.07, 6.45) is 3.03. The molecule has 0 aromatic carbocycles. The van der Waals surface area contributed by atoms with Crippen molar-refractivity contribution in [2.45, 2.75) is 6.42 Å². The number of anilines is 1. The largest absolute Gasteiger partial charge is 0.476 e. The third kappa shape index (κ3) is 1.25. The summed E-state index contributed by atoms with van der Waals surface area (Å²) in [6.45, 7) is 0. The summed E-state index contributed by atoms with van der Waals surface area (Å²) in [5.74, 6) is -2.81. The van der Waals surface area contributed by atoms with Crippen LogP contribution in [0, 0.1) is 11.8 Å². The van der Waals surface area contributed by atoms with Crippen LogP contribution in [-0.4, -0.2) is 32.9 Å². The molecule has 17 heavy (non-hydrogen) atoms. The highest BCUT2D eigenvalue weighted by molar-refractivity contribution is 6.25. The van der Waals surface area contributed by atoms with Gasteiger partial charge in [0.2, 0.25) is 11.8 Å². The van der Waals surface area contributed by atoms with E-state index < -0.39 is 5.97 Å². The first-order chi connectivity index (χ1) is 8.11. The van der Waals surface area contributed by atoms with Crippen LogP contribution < -0.4 is 4.90 Å². The van der Waals surface area contributed by atoms with E-state index in [1.54, 1.807) is 0 Å². The second-order valence-electron chi connectivity index (χ2n) is 3.99. The van der Waals surface area contributed by atoms with Crippen LogP contribution in [0.2, 0.25) is 0 Å². The molecule has 1 N–H and O–H groups in total. The molecule has 1 aromatic rings. The van der Waals surface area contributed by atoms with Gasteiger partial charge in [0.15, 0.2) is 11.5 Å². The molecule has 0 radical (unpaired) electrons. The number of rotatable bonds is 2. The molecule has 0 spiro atoms. The number of carbonyl (C=O) groups excluding carboxylic acids is 2. The minimum absolute atomic E-state index is 0.179. The molecule has 2 amide bonds. The number of imide groups is 1. The molecule has 2 aliphatic rings. The average molecular weight is 233 g/mol. The van der Waals surface area contributed by atoms with Crippen molar-refractivity contribution < 1.29 is 19.5 Å². The smallest absolute Gasteiger partial charge is 0.358 e. The molecular formula is C10H7N3O4. The standard InChI is InChI=1S/C10H7N3O4/c14-8-4-3-5(4)9(15)13(8)7-6(10(16)17)11-1-2-12-7/h1-2,4-5H,3H2,(H,16,17). The highest BCUT2D eigenvalue weighted by Crippen LogP contribution is 2.48. The van der Waals surface area contributed by atoms with E-state index in [2.05, 4.69) is 9.97 Å². The summed E-state index contributed by atoms with van der Waals surface area (Å²) in [5.41, 5.74) is -0.379. The number of amides is 2. The lowest BCUT2D eigenvalue weighted by atomic mass is 10.3. The van der Waals surface area contributed by atoms with Crippen molar-refractivity contribution in [3.05, 3.63) is 18.1 Å². The summed E-state index contributed by atoms with van der Waals surface area (Å²) in [6, 6.07) is 0. The lowest BCUT2D eigenvalue weighted by molar-refractivity contribution is -0.123. The van der Waals surface area contributed by atoms with Gasteiger partial charge >= 0.3 is 5.97 Å². The first kappa shape index (κ1) is 9.88. The first-order valence-corrected chi connectivity index (χ1v) is 5.03. The number of piperidine rings is 1. The maximum Gasteiger partial charge on any atom is 0.358 e. The van der Waals surface area contributed by atoms with Crippen LogP contribution in [-0.2, 0) is 9.59 Å². The second kappa shape index (κ2) is 3.09. The molecule has 0 bridgehead atoms. The topological polar surface area (TPSA) is 100 Å². The van der Waals surface area contributed by atoms with Gasteiger partial charge in [-0.3, -0.25) is 9.59 Å². The SMILES string of the molecule is O=C(O)c1nccnc1N1C(=O)C2CC2C1=O. The van der Waals surface area contributed by atoms with E-state index in [9.17, 15) is 14.4 Å². The Morgan fingerprint density at radius 2 is 1.82 bits per heavy atom. The molecule has 3 rings (SSSR count). The van der Waals surface area contributed by atoms with Crippen LogP contribution in [0.1, 0.15) is 16.9 Å². The monoisotopic (exact) mass is 233 g/mol. The first-order valence-electron chi connectivity index (χ1n) is 5.03. The lowest BCUT2D eigenvalue weighted by Crippen LogP contribution is -2.35. The molecule has 1 aliphatic heterocycles. The van der Waals surface area contributed by atoms with E-state index >= 15 is 0 Å². The van der Waals surface area contributed by atoms with E-state index in [0.29, 0.717) is 6.42 Å². The van der Waals surface area contributed by atoms with Gasteiger partial charge in [0.1, 0.15) is 0 Å². The van der Waals surface area contributed by atoms with E-state index in [0.717, 1.165) is 4.90 Å². The average Bonchev–Trinajstić information content (AvgIpc) is 3.05. The highest BCUT2D eigenvalue weighted by Gasteiger charge is 2.60. The van der Waals surface area contributed by atoms with E-state index in [-0.39, 0.29) is 35.2 Å². The number of hydrogen-bond donors (Lipinski definition) is 1. The number of carboxylic acids is 1. The zero-order valence-electron chi connectivity index (χ0n) is 8.53. The molecule has 1 saturated heterocycles. The fourth-order valence-electron chi connectivity index (χ4n) is 2.04. The van der Waals surface area contributed by atoms with Crippen LogP contribution in [0.15, 0.2) is 12.4 Å². The van der Waals surface area contributed by atoms with Gasteiger partial charge in [-0.1, -0.05) is 0 Å². The summed E-state index contributed by atoms with van der Waals surface area (Å²) >= 11 is 0. The maximum absolute atomic E-state index is 11.8. The van der Waals surface area contributed by atoms with E-state index in [1.165, 1.54) is 12.4 Å². The Kier molecular flexibility index (Phi) is 1.80. The Bertz CT molecular complexity index is 536. The number of aromatic nitrogens is 2. The minimum Gasteiger partial charge on any atom is -0.476 e. The molecule has 2 atom stereocenters. The fraction of sp³-hybridized carbons (Fsp3) is 0.300. The number of fused-ring (bicyclic) bond motifs is 1. The molecule has 2 fully saturated rings. The van der Waals surface area contributed by atoms with Crippen molar-refractivity contribution in [1.82, 2.24) is 9.97 Å². The predicted octanol–water partition coefficient (Wildman–Crippen LogP) is -0.316. The molecule has 1 saturated carbocycles. The van der Waals surface area contributed by atoms with Gasteiger partial charge in [-0.25, -0.2) is 19.7 Å². The van der Waals surface area contributed by atoms with Crippen molar-refractivity contribution >= 4 is 23.6 Å². The van der Waals surface area contributed by atoms with Gasteiger partial charge in [-0.15, -0.1) is 0 Å². The molecule has 2 unspecified atom stereocenters. The Balaban J connectivity index is 2.08. The summed E-state index contributed by atoms with van der Waals surface area (Å²) in [4.78, 5) is 42.7. The van der Waals surface area contributed by atoms with Crippen molar-refractivity contribution in [2.75, 3.05) is 4.90 Å². The number of carboxylic acid groups (broad SMARTS) is 1. The lowest BCUT2D eigenvalue weighted by Gasteiger charge is -2.15. The van der Waals surface area contributed by atoms with Crippen LogP contribution in [0.4, 0.5) is 5.82 Å². The van der Waals surface area contributed by atoms with Gasteiger partial charge in [-0.05, 0) is 6.42 Å². The summed E-state index contributed by atoms with van der Waals surface area (Å²) in [7, 11) is 0. The van der Waals surface area contributed by atoms with Gasteiger partial charge in [0, 0.05) is 12.4 Å². The fourth-order valence-corrected chi connectivity index (χ4v) is 2.04. The van der Waals surface area contributed by atoms with E-state index in [1.807, 2.05) is 0 Å². The van der Waals surface area contributed by atoms with Gasteiger partial charge in [0.25, 0.3) is 0 Å². The van der Waals surface area contributed by atoms with Crippen molar-refractivity contribution in [1.29, 1.82) is 0 Å². The van der Waals surface area contributed by atoms with Gasteiger partial charge in [0.05, 0.1) is 11.8 Å². The molecule has 7 nitrogen and oxygen atoms in total. The Hall–Kier alpha value is -2.31. The van der Waals surface area contributed by atoms with Crippen molar-refractivity contribution in [3.8, 4) is 0 Å². The van der Waals surface area contributed by atoms with Gasteiger partial charge < -0.3 is 5.11 Å². The number of nitrogens with zero attached hydrogens (tertiary/aromatic N) is 3. The van der Waals surface area contributed by atoms with Crippen LogP contribution in [0.25, 0.3) is 0 Å². The molecule has 2 heterocycles. The predicted molar refractivity (Wildman–Crippen MR) is 53.1 cm³/mol. The maximum atomic E-state index is 11.8. The van der Waals surface area contributed by atoms with E-state index in [4.69, 9.17) is 5.11 Å². The Labute approximate surface area is 95.1 Å². The number of hydrogen-bond acceptors (Lipinski definition) is 5. The Morgan fingerprint density at radius 3 is 2.41 bits per heavy atom. The normalized spacial score (nSPS) is 26.0. The quantitative estimate of drug-likeness (QED) is 0.703. The van der Waals surface area contributed by atoms with Crippen molar-refractivity contribution in [3.63, 3.8) is 0 Å². The third-order valence-electron chi connectivity index (χ3n) is 2.96. The van der Waals surface area contributed by atoms with Gasteiger partial charge in [-0.2, -0.15) is 0 Å². The zero-order chi connectivity index (χ0) is 12.2. The molecule has 86 valence electrons. The summed E-state index contributed by atoms with van der Waals surface area (Å²) < 4.78 is 0. The number of aromatic carboxylic acids is 1. The molecule has 7 heteroatoms. The second-order valence-corrected chi connectivity index (χ2v) is 3.99. The summed E-state index contributed by atoms with van der Waals surface area (Å²) in [5, 5.41) is 8.92. The van der Waals surface area contributed by atoms with Crippen LogP contribution in [0.5, 0.6) is 0 Å². The molecular weight excluding hydrogens is 226 g/mol. The van der Waals surface area contributed by atoms with Crippen LogP contribution >= 0.6 is 0 Å². The van der Waals surface area contributed by atoms with Crippen molar-refractivity contribution in [2.24, 2.45) is 11.8 Å². The zero-order valence-corrected chi connectivity index (χ0v) is 8.53. The highest BCUT2D eigenvalue weighted by atomic mass is 16.4. The van der Waals surface area contributed by atoms with Crippen LogP contribution in [0.3, 0.4) is 0 Å². The molecule has 1 aliphatic carbocycles. The Morgan fingerprint density at radius 1 is 1.24 bits per heavy atom.